The Labute approximate surface area is 140 Å². The summed E-state index contributed by atoms with van der Waals surface area (Å²) in [7, 11) is -5.94. The van der Waals surface area contributed by atoms with Crippen LogP contribution >= 0.6 is 0 Å². The minimum absolute atomic E-state index is 0.0568. The SMILES string of the molecule is COc1ccc(/C=C/C(=O)O)cc1S(=O)(=O)NC1CCS(=O)(=O)C1. The van der Waals surface area contributed by atoms with Crippen LogP contribution in [0.4, 0.5) is 0 Å². The Morgan fingerprint density at radius 2 is 2.12 bits per heavy atom. The van der Waals surface area contributed by atoms with Crippen molar-refractivity contribution in [2.75, 3.05) is 18.6 Å². The monoisotopic (exact) mass is 375 g/mol. The van der Waals surface area contributed by atoms with Gasteiger partial charge >= 0.3 is 5.97 Å². The number of carboxylic acid groups (broad SMARTS) is 1. The van der Waals surface area contributed by atoms with Crippen LogP contribution in [0.5, 0.6) is 5.75 Å². The molecule has 0 saturated carbocycles. The highest BCUT2D eigenvalue weighted by Gasteiger charge is 2.32. The number of rotatable bonds is 6. The molecule has 0 radical (unpaired) electrons. The van der Waals surface area contributed by atoms with E-state index in [4.69, 9.17) is 9.84 Å². The number of nitrogens with one attached hydrogen (secondary N) is 1. The Kier molecular flexibility index (Phi) is 5.31. The molecule has 1 fully saturated rings. The van der Waals surface area contributed by atoms with E-state index >= 15 is 0 Å². The third kappa shape index (κ3) is 4.56. The van der Waals surface area contributed by atoms with E-state index < -0.39 is 31.9 Å². The summed E-state index contributed by atoms with van der Waals surface area (Å²) in [6.07, 6.45) is 2.35. The van der Waals surface area contributed by atoms with Gasteiger partial charge in [0.25, 0.3) is 0 Å². The largest absolute Gasteiger partial charge is 0.495 e. The zero-order valence-electron chi connectivity index (χ0n) is 12.8. The normalized spacial score (nSPS) is 20.3. The van der Waals surface area contributed by atoms with Gasteiger partial charge in [-0.2, -0.15) is 0 Å². The summed E-state index contributed by atoms with van der Waals surface area (Å²) in [5.41, 5.74) is 0.359. The lowest BCUT2D eigenvalue weighted by molar-refractivity contribution is -0.131. The van der Waals surface area contributed by atoms with Crippen molar-refractivity contribution in [3.05, 3.63) is 29.8 Å². The molecule has 0 spiro atoms. The maximum absolute atomic E-state index is 12.5. The van der Waals surface area contributed by atoms with Crippen LogP contribution in [0.1, 0.15) is 12.0 Å². The standard InChI is InChI=1S/C14H17NO7S2/c1-22-12-4-2-10(3-5-14(16)17)8-13(12)24(20,21)15-11-6-7-23(18,19)9-11/h2-5,8,11,15H,6-7,9H2,1H3,(H,16,17)/b5-3+. The zero-order chi connectivity index (χ0) is 18.0. The van der Waals surface area contributed by atoms with E-state index in [0.717, 1.165) is 6.08 Å². The van der Waals surface area contributed by atoms with Gasteiger partial charge < -0.3 is 9.84 Å². The van der Waals surface area contributed by atoms with E-state index in [2.05, 4.69) is 4.72 Å². The molecule has 1 saturated heterocycles. The van der Waals surface area contributed by atoms with Gasteiger partial charge in [-0.1, -0.05) is 6.07 Å². The number of ether oxygens (including phenoxy) is 1. The lowest BCUT2D eigenvalue weighted by Gasteiger charge is -2.14. The van der Waals surface area contributed by atoms with E-state index in [9.17, 15) is 21.6 Å². The third-order valence-corrected chi connectivity index (χ3v) is 6.76. The van der Waals surface area contributed by atoms with Gasteiger partial charge in [0, 0.05) is 12.1 Å². The number of hydrogen-bond acceptors (Lipinski definition) is 6. The first-order valence-electron chi connectivity index (χ1n) is 6.95. The number of sulfonamides is 1. The van der Waals surface area contributed by atoms with Crippen molar-refractivity contribution in [2.24, 2.45) is 0 Å². The number of aliphatic carboxylic acids is 1. The number of carboxylic acids is 1. The Bertz CT molecular complexity index is 872. The maximum Gasteiger partial charge on any atom is 0.328 e. The van der Waals surface area contributed by atoms with Gasteiger partial charge in [0.1, 0.15) is 10.6 Å². The summed E-state index contributed by atoms with van der Waals surface area (Å²) in [6, 6.07) is 3.49. The van der Waals surface area contributed by atoms with Crippen molar-refractivity contribution >= 4 is 31.9 Å². The number of methoxy groups -OCH3 is 1. The molecule has 2 rings (SSSR count). The van der Waals surface area contributed by atoms with Crippen LogP contribution in [-0.4, -0.2) is 52.6 Å². The molecular formula is C14H17NO7S2. The predicted molar refractivity (Wildman–Crippen MR) is 87.0 cm³/mol. The van der Waals surface area contributed by atoms with Crippen LogP contribution in [0.3, 0.4) is 0 Å². The minimum atomic E-state index is -4.02. The average Bonchev–Trinajstić information content (AvgIpc) is 2.83. The van der Waals surface area contributed by atoms with Gasteiger partial charge in [-0.25, -0.2) is 26.4 Å². The molecule has 132 valence electrons. The van der Waals surface area contributed by atoms with Crippen LogP contribution in [0, 0.1) is 0 Å². The summed E-state index contributed by atoms with van der Waals surface area (Å²) in [6.45, 7) is 0. The Morgan fingerprint density at radius 3 is 2.67 bits per heavy atom. The first kappa shape index (κ1) is 18.4. The Balaban J connectivity index is 2.33. The fourth-order valence-electron chi connectivity index (χ4n) is 2.35. The highest BCUT2D eigenvalue weighted by atomic mass is 32.2. The number of benzene rings is 1. The van der Waals surface area contributed by atoms with E-state index in [0.29, 0.717) is 5.56 Å². The second-order valence-electron chi connectivity index (χ2n) is 5.30. The van der Waals surface area contributed by atoms with Crippen molar-refractivity contribution in [2.45, 2.75) is 17.4 Å². The summed E-state index contributed by atoms with van der Waals surface area (Å²) >= 11 is 0. The molecule has 24 heavy (non-hydrogen) atoms. The van der Waals surface area contributed by atoms with Crippen LogP contribution in [0.2, 0.25) is 0 Å². The second kappa shape index (κ2) is 6.91. The van der Waals surface area contributed by atoms with E-state index in [1.807, 2.05) is 0 Å². The fourth-order valence-corrected chi connectivity index (χ4v) is 5.60. The highest BCUT2D eigenvalue weighted by molar-refractivity contribution is 7.92. The summed E-state index contributed by atoms with van der Waals surface area (Å²) in [5.74, 6) is -1.38. The topological polar surface area (TPSA) is 127 Å². The van der Waals surface area contributed by atoms with Crippen molar-refractivity contribution in [1.29, 1.82) is 0 Å². The minimum Gasteiger partial charge on any atom is -0.495 e. The van der Waals surface area contributed by atoms with Crippen molar-refractivity contribution in [3.63, 3.8) is 0 Å². The Hall–Kier alpha value is -1.91. The molecule has 1 aliphatic rings. The van der Waals surface area contributed by atoms with Gasteiger partial charge in [-0.05, 0) is 30.2 Å². The van der Waals surface area contributed by atoms with Crippen molar-refractivity contribution < 1.29 is 31.5 Å². The molecule has 1 aliphatic heterocycles. The molecule has 1 heterocycles. The maximum atomic E-state index is 12.5. The molecular weight excluding hydrogens is 358 g/mol. The van der Waals surface area contributed by atoms with Gasteiger partial charge in [0.15, 0.2) is 9.84 Å². The van der Waals surface area contributed by atoms with Crippen LogP contribution in [0.15, 0.2) is 29.2 Å². The molecule has 0 aromatic heterocycles. The highest BCUT2D eigenvalue weighted by Crippen LogP contribution is 2.26. The van der Waals surface area contributed by atoms with Crippen molar-refractivity contribution in [3.8, 4) is 5.75 Å². The van der Waals surface area contributed by atoms with Gasteiger partial charge in [0.05, 0.1) is 18.6 Å². The van der Waals surface area contributed by atoms with Gasteiger partial charge in [0.2, 0.25) is 10.0 Å². The molecule has 0 aliphatic carbocycles. The lowest BCUT2D eigenvalue weighted by atomic mass is 10.2. The van der Waals surface area contributed by atoms with E-state index in [1.54, 1.807) is 0 Å². The first-order chi connectivity index (χ1) is 11.1. The molecule has 10 heteroatoms. The predicted octanol–water partition coefficient (Wildman–Crippen LogP) is 0.258. The second-order valence-corrected chi connectivity index (χ2v) is 9.21. The molecule has 1 aromatic rings. The lowest BCUT2D eigenvalue weighted by Crippen LogP contribution is -2.35. The molecule has 1 aromatic carbocycles. The summed E-state index contributed by atoms with van der Waals surface area (Å²) in [5, 5.41) is 8.64. The Morgan fingerprint density at radius 1 is 1.42 bits per heavy atom. The van der Waals surface area contributed by atoms with Crippen LogP contribution in [0.25, 0.3) is 6.08 Å². The van der Waals surface area contributed by atoms with Gasteiger partial charge in [-0.15, -0.1) is 0 Å². The van der Waals surface area contributed by atoms with Crippen LogP contribution in [-0.2, 0) is 24.7 Å². The molecule has 1 unspecified atom stereocenters. The molecule has 2 N–H and O–H groups in total. The van der Waals surface area contributed by atoms with E-state index in [-0.39, 0.29) is 28.6 Å². The van der Waals surface area contributed by atoms with E-state index in [1.165, 1.54) is 31.4 Å². The number of sulfone groups is 1. The zero-order valence-corrected chi connectivity index (χ0v) is 14.4. The smallest absolute Gasteiger partial charge is 0.328 e. The molecule has 1 atom stereocenters. The third-order valence-electron chi connectivity index (χ3n) is 3.45. The van der Waals surface area contributed by atoms with Gasteiger partial charge in [-0.3, -0.25) is 0 Å². The average molecular weight is 375 g/mol. The molecule has 8 nitrogen and oxygen atoms in total. The quantitative estimate of drug-likeness (QED) is 0.683. The van der Waals surface area contributed by atoms with Crippen molar-refractivity contribution in [1.82, 2.24) is 4.72 Å². The summed E-state index contributed by atoms with van der Waals surface area (Å²) < 4.78 is 55.4. The van der Waals surface area contributed by atoms with Crippen LogP contribution < -0.4 is 9.46 Å². The first-order valence-corrected chi connectivity index (χ1v) is 10.3. The summed E-state index contributed by atoms with van der Waals surface area (Å²) in [4.78, 5) is 10.4. The number of hydrogen-bond donors (Lipinski definition) is 2. The molecule has 0 amide bonds. The molecule has 0 bridgehead atoms. The number of carbonyl (C=O) groups is 1. The fraction of sp³-hybridized carbons (Fsp3) is 0.357.